The van der Waals surface area contributed by atoms with E-state index in [1.54, 1.807) is 26.0 Å². The molecule has 0 saturated carbocycles. The van der Waals surface area contributed by atoms with E-state index in [1.807, 2.05) is 13.8 Å². The van der Waals surface area contributed by atoms with E-state index in [-0.39, 0.29) is 29.8 Å². The molecule has 0 fully saturated rings. The molecule has 4 N–H and O–H groups in total. The van der Waals surface area contributed by atoms with Crippen molar-refractivity contribution in [3.63, 3.8) is 0 Å². The van der Waals surface area contributed by atoms with Gasteiger partial charge in [-0.2, -0.15) is 0 Å². The van der Waals surface area contributed by atoms with Crippen LogP contribution >= 0.6 is 0 Å². The van der Waals surface area contributed by atoms with Gasteiger partial charge >= 0.3 is 0 Å². The fourth-order valence-corrected chi connectivity index (χ4v) is 3.29. The minimum atomic E-state index is -3.67. The average molecular weight is 313 g/mol. The molecular weight excluding hydrogens is 290 g/mol. The third-order valence-corrected chi connectivity index (χ3v) is 4.52. The summed E-state index contributed by atoms with van der Waals surface area (Å²) < 4.78 is 27.0. The van der Waals surface area contributed by atoms with Crippen LogP contribution in [0.5, 0.6) is 0 Å². The third-order valence-electron chi connectivity index (χ3n) is 2.93. The summed E-state index contributed by atoms with van der Waals surface area (Å²) in [6.07, 6.45) is 0.0950. The van der Waals surface area contributed by atoms with E-state index in [0.29, 0.717) is 11.3 Å². The van der Waals surface area contributed by atoms with Crippen LogP contribution in [0.3, 0.4) is 0 Å². The molecule has 0 aromatic heterocycles. The van der Waals surface area contributed by atoms with Crippen molar-refractivity contribution in [3.05, 3.63) is 23.3 Å². The van der Waals surface area contributed by atoms with Gasteiger partial charge in [-0.3, -0.25) is 4.79 Å². The third kappa shape index (κ3) is 5.02. The Morgan fingerprint density at radius 1 is 1.29 bits per heavy atom. The second kappa shape index (κ2) is 6.91. The van der Waals surface area contributed by atoms with Crippen molar-refractivity contribution in [1.82, 2.24) is 10.0 Å². The number of nitrogens with one attached hydrogen (secondary N) is 2. The molecule has 1 aromatic carbocycles. The first-order chi connectivity index (χ1) is 9.63. The van der Waals surface area contributed by atoms with Crippen LogP contribution in [0.25, 0.3) is 0 Å². The largest absolute Gasteiger partial charge is 0.398 e. The summed E-state index contributed by atoms with van der Waals surface area (Å²) in [5.41, 5.74) is 7.52. The molecule has 1 amide bonds. The Balaban J connectivity index is 2.77. The lowest BCUT2D eigenvalue weighted by atomic mass is 10.1. The van der Waals surface area contributed by atoms with Gasteiger partial charge in [-0.25, -0.2) is 13.1 Å². The van der Waals surface area contributed by atoms with Crippen molar-refractivity contribution < 1.29 is 13.2 Å². The van der Waals surface area contributed by atoms with Crippen LogP contribution in [0.1, 0.15) is 31.4 Å². The highest BCUT2D eigenvalue weighted by Gasteiger charge is 2.18. The molecule has 0 radical (unpaired) electrons. The zero-order valence-corrected chi connectivity index (χ0v) is 13.7. The topological polar surface area (TPSA) is 101 Å². The van der Waals surface area contributed by atoms with Crippen LogP contribution in [-0.4, -0.2) is 26.9 Å². The van der Waals surface area contributed by atoms with Gasteiger partial charge in [0.25, 0.3) is 0 Å². The highest BCUT2D eigenvalue weighted by Crippen LogP contribution is 2.22. The highest BCUT2D eigenvalue weighted by molar-refractivity contribution is 7.89. The molecule has 1 aromatic rings. The number of hydrogen-bond acceptors (Lipinski definition) is 4. The molecule has 1 rings (SSSR count). The van der Waals surface area contributed by atoms with E-state index < -0.39 is 10.0 Å². The second-order valence-corrected chi connectivity index (χ2v) is 7.08. The maximum Gasteiger partial charge on any atom is 0.240 e. The average Bonchev–Trinajstić information content (AvgIpc) is 2.32. The summed E-state index contributed by atoms with van der Waals surface area (Å²) >= 11 is 0. The number of amides is 1. The number of benzene rings is 1. The Hall–Kier alpha value is -1.60. The summed E-state index contributed by atoms with van der Waals surface area (Å²) in [6, 6.07) is 3.33. The Morgan fingerprint density at radius 3 is 2.48 bits per heavy atom. The Kier molecular flexibility index (Phi) is 5.74. The maximum atomic E-state index is 12.3. The van der Waals surface area contributed by atoms with E-state index in [2.05, 4.69) is 10.0 Å². The maximum absolute atomic E-state index is 12.3. The van der Waals surface area contributed by atoms with Gasteiger partial charge in [0.2, 0.25) is 15.9 Å². The number of aryl methyl sites for hydroxylation is 1. The molecule has 21 heavy (non-hydrogen) atoms. The number of carbonyl (C=O) groups is 1. The van der Waals surface area contributed by atoms with E-state index in [1.165, 1.54) is 0 Å². The molecule has 0 unspecified atom stereocenters. The number of nitrogen functional groups attached to an aromatic ring is 1. The van der Waals surface area contributed by atoms with Crippen LogP contribution in [-0.2, 0) is 14.8 Å². The van der Waals surface area contributed by atoms with Crippen LogP contribution < -0.4 is 15.8 Å². The van der Waals surface area contributed by atoms with E-state index in [4.69, 9.17) is 5.73 Å². The van der Waals surface area contributed by atoms with Gasteiger partial charge in [0.15, 0.2) is 0 Å². The highest BCUT2D eigenvalue weighted by atomic mass is 32.2. The van der Waals surface area contributed by atoms with Gasteiger partial charge in [-0.15, -0.1) is 0 Å². The molecule has 0 aliphatic rings. The van der Waals surface area contributed by atoms with E-state index in [9.17, 15) is 13.2 Å². The van der Waals surface area contributed by atoms with E-state index >= 15 is 0 Å². The molecule has 0 aliphatic carbocycles. The molecular formula is C14H23N3O3S. The molecule has 0 aliphatic heterocycles. The smallest absolute Gasteiger partial charge is 0.240 e. The quantitative estimate of drug-likeness (QED) is 0.684. The van der Waals surface area contributed by atoms with Gasteiger partial charge in [0, 0.05) is 24.7 Å². The SMILES string of the molecule is Cc1cc(N)c(C)c(S(=O)(=O)NCCC(=O)NC(C)C)c1. The summed E-state index contributed by atoms with van der Waals surface area (Å²) in [5, 5.41) is 2.70. The summed E-state index contributed by atoms with van der Waals surface area (Å²) in [6.45, 7) is 7.19. The lowest BCUT2D eigenvalue weighted by molar-refractivity contribution is -0.121. The molecule has 0 bridgehead atoms. The van der Waals surface area contributed by atoms with Gasteiger partial charge in [-0.05, 0) is 51.0 Å². The number of anilines is 1. The molecule has 0 saturated heterocycles. The fourth-order valence-electron chi connectivity index (χ4n) is 1.90. The normalized spacial score (nSPS) is 11.7. The Morgan fingerprint density at radius 2 is 1.90 bits per heavy atom. The molecule has 0 atom stereocenters. The van der Waals surface area contributed by atoms with Crippen molar-refractivity contribution in [1.29, 1.82) is 0 Å². The van der Waals surface area contributed by atoms with Crippen molar-refractivity contribution in [2.24, 2.45) is 0 Å². The number of rotatable bonds is 6. The summed E-state index contributed by atoms with van der Waals surface area (Å²) in [4.78, 5) is 11.6. The predicted molar refractivity (Wildman–Crippen MR) is 83.4 cm³/mol. The van der Waals surface area contributed by atoms with Crippen LogP contribution in [0.15, 0.2) is 17.0 Å². The minimum absolute atomic E-state index is 0.0351. The minimum Gasteiger partial charge on any atom is -0.398 e. The van der Waals surface area contributed by atoms with Crippen LogP contribution in [0, 0.1) is 13.8 Å². The molecule has 118 valence electrons. The lowest BCUT2D eigenvalue weighted by Crippen LogP contribution is -2.34. The number of nitrogens with two attached hydrogens (primary N) is 1. The van der Waals surface area contributed by atoms with Crippen molar-refractivity contribution in [2.45, 2.75) is 45.1 Å². The van der Waals surface area contributed by atoms with Crippen LogP contribution in [0.2, 0.25) is 0 Å². The second-order valence-electron chi connectivity index (χ2n) is 5.35. The molecule has 7 heteroatoms. The number of hydrogen-bond donors (Lipinski definition) is 3. The van der Waals surface area contributed by atoms with Gasteiger partial charge in [-0.1, -0.05) is 0 Å². The van der Waals surface area contributed by atoms with Gasteiger partial charge in [0.05, 0.1) is 4.90 Å². The first-order valence-electron chi connectivity index (χ1n) is 6.79. The molecule has 0 heterocycles. The van der Waals surface area contributed by atoms with Crippen LogP contribution in [0.4, 0.5) is 5.69 Å². The predicted octanol–water partition coefficient (Wildman–Crippen LogP) is 1.08. The first-order valence-corrected chi connectivity index (χ1v) is 8.27. The lowest BCUT2D eigenvalue weighted by Gasteiger charge is -2.12. The Labute approximate surface area is 126 Å². The van der Waals surface area contributed by atoms with Crippen molar-refractivity contribution in [2.75, 3.05) is 12.3 Å². The zero-order chi connectivity index (χ0) is 16.2. The van der Waals surface area contributed by atoms with E-state index in [0.717, 1.165) is 5.56 Å². The standard InChI is InChI=1S/C14H23N3O3S/c1-9(2)17-14(18)5-6-16-21(19,20)13-8-10(3)7-12(15)11(13)4/h7-9,16H,5-6,15H2,1-4H3,(H,17,18). The fraction of sp³-hybridized carbons (Fsp3) is 0.500. The first kappa shape index (κ1) is 17.5. The number of sulfonamides is 1. The van der Waals surface area contributed by atoms with Crippen molar-refractivity contribution >= 4 is 21.6 Å². The Bertz CT molecular complexity index is 625. The van der Waals surface area contributed by atoms with Gasteiger partial charge < -0.3 is 11.1 Å². The zero-order valence-electron chi connectivity index (χ0n) is 12.9. The molecule has 0 spiro atoms. The number of carbonyl (C=O) groups excluding carboxylic acids is 1. The summed E-state index contributed by atoms with van der Waals surface area (Å²) in [5.74, 6) is -0.187. The van der Waals surface area contributed by atoms with Gasteiger partial charge in [0.1, 0.15) is 0 Å². The van der Waals surface area contributed by atoms with Crippen molar-refractivity contribution in [3.8, 4) is 0 Å². The monoisotopic (exact) mass is 313 g/mol. The summed E-state index contributed by atoms with van der Waals surface area (Å²) in [7, 11) is -3.67. The molecule has 6 nitrogen and oxygen atoms in total.